The monoisotopic (exact) mass is 333 g/mol. The number of aromatic nitrogens is 2. The highest BCUT2D eigenvalue weighted by Gasteiger charge is 2.35. The van der Waals surface area contributed by atoms with E-state index in [1.807, 2.05) is 0 Å². The Morgan fingerprint density at radius 2 is 2.29 bits per heavy atom. The van der Waals surface area contributed by atoms with Gasteiger partial charge in [0, 0.05) is 25.1 Å². The predicted molar refractivity (Wildman–Crippen MR) is 84.1 cm³/mol. The van der Waals surface area contributed by atoms with E-state index >= 15 is 0 Å². The van der Waals surface area contributed by atoms with Gasteiger partial charge < -0.3 is 9.84 Å². The van der Waals surface area contributed by atoms with Crippen LogP contribution in [0.15, 0.2) is 28.8 Å². The van der Waals surface area contributed by atoms with Crippen molar-refractivity contribution in [2.45, 2.75) is 25.8 Å². The zero-order valence-electron chi connectivity index (χ0n) is 13.4. The smallest absolute Gasteiger partial charge is 0.226 e. The van der Waals surface area contributed by atoms with Crippen LogP contribution in [-0.4, -0.2) is 29.1 Å². The summed E-state index contributed by atoms with van der Waals surface area (Å²) in [5, 5.41) is 6.61. The normalized spacial score (nSPS) is 20.2. The molecule has 24 heavy (non-hydrogen) atoms. The molecule has 0 aliphatic carbocycles. The van der Waals surface area contributed by atoms with E-state index in [2.05, 4.69) is 26.3 Å². The fourth-order valence-electron chi connectivity index (χ4n) is 2.79. The Kier molecular flexibility index (Phi) is 5.17. The molecular formula is C16H20FN5O2. The molecule has 2 aromatic rings. The Bertz CT molecular complexity index is 705. The van der Waals surface area contributed by atoms with Crippen LogP contribution in [0, 0.1) is 18.7 Å². The molecule has 1 fully saturated rings. The summed E-state index contributed by atoms with van der Waals surface area (Å²) in [6, 6.07) is 6.11. The fourth-order valence-corrected chi connectivity index (χ4v) is 2.79. The molecule has 0 radical (unpaired) electrons. The van der Waals surface area contributed by atoms with Gasteiger partial charge in [0.25, 0.3) is 0 Å². The van der Waals surface area contributed by atoms with Crippen LogP contribution in [-0.2, 0) is 11.2 Å². The van der Waals surface area contributed by atoms with E-state index in [1.165, 1.54) is 6.07 Å². The fraction of sp³-hybridized carbons (Fsp3) is 0.438. The van der Waals surface area contributed by atoms with Crippen LogP contribution in [0.1, 0.15) is 29.7 Å². The maximum atomic E-state index is 14.0. The van der Waals surface area contributed by atoms with E-state index in [1.54, 1.807) is 25.1 Å². The number of hydrogen-bond acceptors (Lipinski definition) is 6. The zero-order chi connectivity index (χ0) is 16.9. The number of aryl methyl sites for hydroxylation is 2. The van der Waals surface area contributed by atoms with E-state index in [0.29, 0.717) is 43.2 Å². The highest BCUT2D eigenvalue weighted by atomic mass is 19.1. The molecule has 128 valence electrons. The summed E-state index contributed by atoms with van der Waals surface area (Å²) in [5.74, 6) is 0.373. The van der Waals surface area contributed by atoms with Gasteiger partial charge in [-0.1, -0.05) is 23.4 Å². The summed E-state index contributed by atoms with van der Waals surface area (Å²) in [6.45, 7) is 2.71. The molecule has 2 unspecified atom stereocenters. The van der Waals surface area contributed by atoms with Gasteiger partial charge in [-0.15, -0.1) is 0 Å². The van der Waals surface area contributed by atoms with Crippen LogP contribution in [0.2, 0.25) is 0 Å². The van der Waals surface area contributed by atoms with Crippen LogP contribution in [0.3, 0.4) is 0 Å². The minimum absolute atomic E-state index is 0.109. The molecule has 2 atom stereocenters. The van der Waals surface area contributed by atoms with Crippen LogP contribution < -0.4 is 16.2 Å². The lowest BCUT2D eigenvalue weighted by atomic mass is 9.94. The summed E-state index contributed by atoms with van der Waals surface area (Å²) >= 11 is 0. The number of nitrogens with one attached hydrogen (secondary N) is 3. The first-order valence-electron chi connectivity index (χ1n) is 7.95. The second kappa shape index (κ2) is 7.50. The first-order chi connectivity index (χ1) is 11.6. The number of halogens is 1. The molecule has 1 aliphatic rings. The van der Waals surface area contributed by atoms with Crippen molar-refractivity contribution in [3.05, 3.63) is 47.4 Å². The van der Waals surface area contributed by atoms with Crippen molar-refractivity contribution in [1.29, 1.82) is 0 Å². The average molecular weight is 333 g/mol. The molecule has 2 heterocycles. The number of benzene rings is 1. The first kappa shape index (κ1) is 16.5. The van der Waals surface area contributed by atoms with Gasteiger partial charge in [-0.3, -0.25) is 10.2 Å². The van der Waals surface area contributed by atoms with E-state index in [4.69, 9.17) is 4.52 Å². The molecule has 7 nitrogen and oxygen atoms in total. The number of hydrazine groups is 1. The quantitative estimate of drug-likeness (QED) is 0.684. The molecule has 1 aromatic heterocycles. The van der Waals surface area contributed by atoms with Gasteiger partial charge in [0.05, 0.1) is 12.0 Å². The Morgan fingerprint density at radius 1 is 1.46 bits per heavy atom. The van der Waals surface area contributed by atoms with E-state index in [-0.39, 0.29) is 23.7 Å². The third-order valence-electron chi connectivity index (χ3n) is 4.00. The highest BCUT2D eigenvalue weighted by molar-refractivity contribution is 5.80. The molecule has 1 saturated heterocycles. The van der Waals surface area contributed by atoms with Crippen molar-refractivity contribution in [2.24, 2.45) is 5.92 Å². The molecular weight excluding hydrogens is 313 g/mol. The highest BCUT2D eigenvalue weighted by Crippen LogP contribution is 2.26. The van der Waals surface area contributed by atoms with Crippen LogP contribution in [0.5, 0.6) is 0 Å². The average Bonchev–Trinajstić information content (AvgIpc) is 3.21. The third-order valence-corrected chi connectivity index (χ3v) is 4.00. The summed E-state index contributed by atoms with van der Waals surface area (Å²) in [4.78, 5) is 16.5. The summed E-state index contributed by atoms with van der Waals surface area (Å²) in [6.07, 6.45) is 1.31. The van der Waals surface area contributed by atoms with Gasteiger partial charge in [-0.2, -0.15) is 4.98 Å². The predicted octanol–water partition coefficient (Wildman–Crippen LogP) is 1.03. The number of rotatable bonds is 6. The lowest BCUT2D eigenvalue weighted by Crippen LogP contribution is -2.36. The maximum absolute atomic E-state index is 14.0. The molecule has 1 amide bonds. The summed E-state index contributed by atoms with van der Waals surface area (Å²) < 4.78 is 19.0. The van der Waals surface area contributed by atoms with Crippen LogP contribution in [0.4, 0.5) is 4.39 Å². The molecule has 0 spiro atoms. The minimum atomic E-state index is -0.384. The van der Waals surface area contributed by atoms with Crippen molar-refractivity contribution < 1.29 is 13.7 Å². The molecule has 1 aliphatic heterocycles. The summed E-state index contributed by atoms with van der Waals surface area (Å²) in [7, 11) is 0. The molecule has 3 rings (SSSR count). The Hall–Kier alpha value is -2.32. The second-order valence-corrected chi connectivity index (χ2v) is 5.76. The standard InChI is InChI=1S/C16H20FN5O2/c1-10-20-14(24-22-10)7-4-8-18-16(23)12-9-19-21-15(12)11-5-2-3-6-13(11)17/h2-3,5-6,12,15,19,21H,4,7-9H2,1H3,(H,18,23). The number of amides is 1. The van der Waals surface area contributed by atoms with E-state index in [0.717, 1.165) is 0 Å². The molecule has 0 bridgehead atoms. The Labute approximate surface area is 139 Å². The molecule has 8 heteroatoms. The summed E-state index contributed by atoms with van der Waals surface area (Å²) in [5.41, 5.74) is 6.41. The number of carbonyl (C=O) groups is 1. The van der Waals surface area contributed by atoms with Crippen LogP contribution >= 0.6 is 0 Å². The lowest BCUT2D eigenvalue weighted by molar-refractivity contribution is -0.124. The van der Waals surface area contributed by atoms with Crippen molar-refractivity contribution >= 4 is 5.91 Å². The molecule has 1 aromatic carbocycles. The maximum Gasteiger partial charge on any atom is 0.226 e. The zero-order valence-corrected chi connectivity index (χ0v) is 13.4. The minimum Gasteiger partial charge on any atom is -0.356 e. The topological polar surface area (TPSA) is 92.1 Å². The van der Waals surface area contributed by atoms with Crippen LogP contribution in [0.25, 0.3) is 0 Å². The van der Waals surface area contributed by atoms with Crippen molar-refractivity contribution in [3.8, 4) is 0 Å². The number of nitrogens with zero attached hydrogens (tertiary/aromatic N) is 2. The van der Waals surface area contributed by atoms with Gasteiger partial charge in [-0.25, -0.2) is 9.82 Å². The van der Waals surface area contributed by atoms with Crippen molar-refractivity contribution in [1.82, 2.24) is 26.3 Å². The lowest BCUT2D eigenvalue weighted by Gasteiger charge is -2.18. The van der Waals surface area contributed by atoms with Gasteiger partial charge in [0.2, 0.25) is 11.8 Å². The SMILES string of the molecule is Cc1noc(CCCNC(=O)C2CNNC2c2ccccc2F)n1. The largest absolute Gasteiger partial charge is 0.356 e. The van der Waals surface area contributed by atoms with Crippen molar-refractivity contribution in [2.75, 3.05) is 13.1 Å². The number of hydrogen-bond donors (Lipinski definition) is 3. The van der Waals surface area contributed by atoms with E-state index in [9.17, 15) is 9.18 Å². The van der Waals surface area contributed by atoms with Crippen molar-refractivity contribution in [3.63, 3.8) is 0 Å². The Morgan fingerprint density at radius 3 is 3.04 bits per heavy atom. The molecule has 0 saturated carbocycles. The molecule has 3 N–H and O–H groups in total. The van der Waals surface area contributed by atoms with Gasteiger partial charge >= 0.3 is 0 Å². The second-order valence-electron chi connectivity index (χ2n) is 5.76. The van der Waals surface area contributed by atoms with Gasteiger partial charge in [0.15, 0.2) is 5.82 Å². The van der Waals surface area contributed by atoms with E-state index < -0.39 is 0 Å². The first-order valence-corrected chi connectivity index (χ1v) is 7.95. The third kappa shape index (κ3) is 3.77. The van der Waals surface area contributed by atoms with Gasteiger partial charge in [-0.05, 0) is 19.4 Å². The number of carbonyl (C=O) groups excluding carboxylic acids is 1. The van der Waals surface area contributed by atoms with Gasteiger partial charge in [0.1, 0.15) is 5.82 Å². The Balaban J connectivity index is 1.51.